The smallest absolute Gasteiger partial charge is 0.288 e. The van der Waals surface area contributed by atoms with Crippen molar-refractivity contribution in [3.8, 4) is 0 Å². The summed E-state index contributed by atoms with van der Waals surface area (Å²) in [6, 6.07) is 22.8. The van der Waals surface area contributed by atoms with E-state index >= 15 is 0 Å². The summed E-state index contributed by atoms with van der Waals surface area (Å²) >= 11 is 1.10. The first-order valence-corrected chi connectivity index (χ1v) is 13.3. The molecule has 3 atom stereocenters. The van der Waals surface area contributed by atoms with Gasteiger partial charge in [0.15, 0.2) is 0 Å². The number of aliphatic hydroxyl groups is 1. The van der Waals surface area contributed by atoms with E-state index in [0.717, 1.165) is 17.3 Å². The quantitative estimate of drug-likeness (QED) is 0.332. The molecule has 0 bridgehead atoms. The Morgan fingerprint density at radius 2 is 1.74 bits per heavy atom. The number of carbonyl (C=O) groups excluding carboxylic acids is 2. The summed E-state index contributed by atoms with van der Waals surface area (Å²) in [5.41, 5.74) is 7.99. The Hall–Kier alpha value is -4.02. The zero-order valence-electron chi connectivity index (χ0n) is 20.5. The van der Waals surface area contributed by atoms with Crippen LogP contribution in [0.1, 0.15) is 23.7 Å². The van der Waals surface area contributed by atoms with Crippen LogP contribution in [-0.2, 0) is 17.8 Å². The van der Waals surface area contributed by atoms with E-state index in [4.69, 9.17) is 5.73 Å². The molecular formula is C28H27N5O4S. The second kappa shape index (κ2) is 11.2. The number of aromatic nitrogens is 3. The van der Waals surface area contributed by atoms with Crippen molar-refractivity contribution in [2.24, 2.45) is 5.92 Å². The Balaban J connectivity index is 1.44. The van der Waals surface area contributed by atoms with Gasteiger partial charge in [0.25, 0.3) is 10.8 Å². The number of benzene rings is 3. The fourth-order valence-corrected chi connectivity index (χ4v) is 5.70. The monoisotopic (exact) mass is 529 g/mol. The van der Waals surface area contributed by atoms with Gasteiger partial charge in [-0.1, -0.05) is 71.6 Å². The maximum absolute atomic E-state index is 13.9. The van der Waals surface area contributed by atoms with E-state index in [2.05, 4.69) is 10.3 Å². The topological polar surface area (TPSA) is 131 Å². The Kier molecular flexibility index (Phi) is 7.52. The van der Waals surface area contributed by atoms with Gasteiger partial charge in [-0.15, -0.1) is 5.10 Å². The molecule has 4 aromatic rings. The molecule has 3 N–H and O–H groups in total. The highest BCUT2D eigenvalue weighted by molar-refractivity contribution is 8.14. The molecule has 2 heterocycles. The van der Waals surface area contributed by atoms with E-state index in [1.54, 1.807) is 48.5 Å². The largest absolute Gasteiger partial charge is 0.399 e. The van der Waals surface area contributed by atoms with Crippen LogP contribution in [0.4, 0.5) is 10.5 Å². The lowest BCUT2D eigenvalue weighted by molar-refractivity contribution is -0.137. The zero-order valence-corrected chi connectivity index (χ0v) is 21.3. The van der Waals surface area contributed by atoms with Crippen LogP contribution in [0.2, 0.25) is 0 Å². The van der Waals surface area contributed by atoms with E-state index in [1.165, 1.54) is 9.58 Å². The summed E-state index contributed by atoms with van der Waals surface area (Å²) in [6.07, 6.45) is -0.627. The number of fused-ring (bicyclic) bond motifs is 1. The minimum absolute atomic E-state index is 0.0393. The van der Waals surface area contributed by atoms with Crippen LogP contribution >= 0.6 is 11.8 Å². The van der Waals surface area contributed by atoms with Gasteiger partial charge in [-0.05, 0) is 48.2 Å². The summed E-state index contributed by atoms with van der Waals surface area (Å²) in [6.45, 7) is 0.0393. The third-order valence-electron chi connectivity index (χ3n) is 6.77. The molecule has 1 aliphatic rings. The molecule has 0 radical (unpaired) electrons. The van der Waals surface area contributed by atoms with Gasteiger partial charge in [0.1, 0.15) is 5.52 Å². The molecule has 1 fully saturated rings. The molecule has 1 aromatic heterocycles. The summed E-state index contributed by atoms with van der Waals surface area (Å²) < 4.78 is 1.19. The number of nitrogens with two attached hydrogens (primary N) is 1. The number of nitrogens with zero attached hydrogens (tertiary/aromatic N) is 4. The standard InChI is InChI=1S/C28H27N5O4S/c29-20-12-10-19(11-13-20)25(34)23(14-15-32-26(35)22-8-4-5-9-24(22)30-31-32)27(36)33-21(17-38-28(33)37)16-18-6-2-1-3-7-18/h1-13,21,23,25,34H,14-17,29H2/t21-,23-,25+/m0/s1. The second-order valence-electron chi connectivity index (χ2n) is 9.27. The van der Waals surface area contributed by atoms with Gasteiger partial charge in [-0.2, -0.15) is 0 Å². The lowest BCUT2D eigenvalue weighted by Gasteiger charge is -2.29. The van der Waals surface area contributed by atoms with E-state index < -0.39 is 17.9 Å². The molecule has 38 heavy (non-hydrogen) atoms. The summed E-state index contributed by atoms with van der Waals surface area (Å²) in [5.74, 6) is -1.01. The average Bonchev–Trinajstić information content (AvgIpc) is 3.30. The summed E-state index contributed by atoms with van der Waals surface area (Å²) in [4.78, 5) is 41.1. The number of carbonyl (C=O) groups is 2. The number of imide groups is 1. The molecule has 0 saturated carbocycles. The lowest BCUT2D eigenvalue weighted by atomic mass is 9.90. The number of aryl methyl sites for hydroxylation is 1. The first-order chi connectivity index (χ1) is 18.4. The van der Waals surface area contributed by atoms with Crippen LogP contribution in [0.25, 0.3) is 10.9 Å². The van der Waals surface area contributed by atoms with E-state index in [-0.39, 0.29) is 29.8 Å². The highest BCUT2D eigenvalue weighted by Crippen LogP contribution is 2.33. The van der Waals surface area contributed by atoms with Gasteiger partial charge in [0, 0.05) is 18.0 Å². The minimum atomic E-state index is -1.22. The Morgan fingerprint density at radius 3 is 2.50 bits per heavy atom. The van der Waals surface area contributed by atoms with E-state index in [9.17, 15) is 19.5 Å². The highest BCUT2D eigenvalue weighted by Gasteiger charge is 2.42. The van der Waals surface area contributed by atoms with Gasteiger partial charge in [0.2, 0.25) is 5.91 Å². The fraction of sp³-hybridized carbons (Fsp3) is 0.250. The van der Waals surface area contributed by atoms with Crippen molar-refractivity contribution < 1.29 is 14.7 Å². The van der Waals surface area contributed by atoms with E-state index in [0.29, 0.717) is 34.3 Å². The maximum atomic E-state index is 13.9. The summed E-state index contributed by atoms with van der Waals surface area (Å²) in [7, 11) is 0. The zero-order chi connectivity index (χ0) is 26.6. The Morgan fingerprint density at radius 1 is 1.03 bits per heavy atom. The maximum Gasteiger partial charge on any atom is 0.288 e. The first kappa shape index (κ1) is 25.6. The Labute approximate surface area is 223 Å². The van der Waals surface area contributed by atoms with Crippen LogP contribution in [-0.4, -0.2) is 47.9 Å². The third-order valence-corrected chi connectivity index (χ3v) is 7.77. The van der Waals surface area contributed by atoms with Crippen LogP contribution in [0.3, 0.4) is 0 Å². The number of aliphatic hydroxyl groups excluding tert-OH is 1. The number of hydrogen-bond acceptors (Lipinski definition) is 8. The molecule has 0 spiro atoms. The molecule has 3 aromatic carbocycles. The Bertz CT molecular complexity index is 1510. The number of thioether (sulfide) groups is 1. The molecule has 194 valence electrons. The molecule has 5 rings (SSSR count). The summed E-state index contributed by atoms with van der Waals surface area (Å²) in [5, 5.41) is 19.6. The van der Waals surface area contributed by atoms with Crippen molar-refractivity contribution in [1.82, 2.24) is 19.9 Å². The normalized spacial score (nSPS) is 17.0. The molecule has 1 saturated heterocycles. The van der Waals surface area contributed by atoms with Crippen molar-refractivity contribution in [3.05, 3.63) is 100 Å². The number of hydrogen-bond donors (Lipinski definition) is 2. The lowest BCUT2D eigenvalue weighted by Crippen LogP contribution is -2.45. The van der Waals surface area contributed by atoms with Crippen molar-refractivity contribution >= 4 is 39.5 Å². The number of anilines is 1. The van der Waals surface area contributed by atoms with Gasteiger partial charge in [-0.25, -0.2) is 4.68 Å². The number of amides is 2. The number of nitrogen functional groups attached to an aromatic ring is 1. The minimum Gasteiger partial charge on any atom is -0.399 e. The van der Waals surface area contributed by atoms with Crippen molar-refractivity contribution in [3.63, 3.8) is 0 Å². The van der Waals surface area contributed by atoms with E-state index in [1.807, 2.05) is 30.3 Å². The molecule has 9 nitrogen and oxygen atoms in total. The fourth-order valence-electron chi connectivity index (χ4n) is 4.72. The molecular weight excluding hydrogens is 502 g/mol. The van der Waals surface area contributed by atoms with Crippen LogP contribution < -0.4 is 11.3 Å². The van der Waals surface area contributed by atoms with Gasteiger partial charge >= 0.3 is 0 Å². The van der Waals surface area contributed by atoms with Crippen molar-refractivity contribution in [1.29, 1.82) is 0 Å². The molecule has 2 amide bonds. The molecule has 0 unspecified atom stereocenters. The van der Waals surface area contributed by atoms with Gasteiger partial charge in [0.05, 0.1) is 23.4 Å². The van der Waals surface area contributed by atoms with Gasteiger partial charge < -0.3 is 10.8 Å². The predicted octanol–water partition coefficient (Wildman–Crippen LogP) is 3.42. The molecule has 0 aliphatic carbocycles. The third kappa shape index (κ3) is 5.32. The number of rotatable bonds is 8. The first-order valence-electron chi connectivity index (χ1n) is 12.3. The van der Waals surface area contributed by atoms with Crippen molar-refractivity contribution in [2.75, 3.05) is 11.5 Å². The average molecular weight is 530 g/mol. The highest BCUT2D eigenvalue weighted by atomic mass is 32.2. The molecule has 1 aliphatic heterocycles. The molecule has 10 heteroatoms. The predicted molar refractivity (Wildman–Crippen MR) is 146 cm³/mol. The second-order valence-corrected chi connectivity index (χ2v) is 10.2. The van der Waals surface area contributed by atoms with Crippen LogP contribution in [0, 0.1) is 5.92 Å². The van der Waals surface area contributed by atoms with Gasteiger partial charge in [-0.3, -0.25) is 19.3 Å². The SMILES string of the molecule is Nc1ccc([C@@H](O)[C@H](CCn2nnc3ccccc3c2=O)C(=O)N2C(=O)SC[C@@H]2Cc2ccccc2)cc1. The van der Waals surface area contributed by atoms with Crippen LogP contribution in [0.15, 0.2) is 83.7 Å². The van der Waals surface area contributed by atoms with Crippen molar-refractivity contribution in [2.45, 2.75) is 31.5 Å². The van der Waals surface area contributed by atoms with Crippen LogP contribution in [0.5, 0.6) is 0 Å².